The highest BCUT2D eigenvalue weighted by Crippen LogP contribution is 2.52. The maximum atomic E-state index is 12.1. The molecule has 1 amide bonds. The predicted octanol–water partition coefficient (Wildman–Crippen LogP) is 3.25. The van der Waals surface area contributed by atoms with E-state index >= 15 is 0 Å². The largest absolute Gasteiger partial charge is 0.375 e. The first-order valence-electron chi connectivity index (χ1n) is 8.92. The van der Waals surface area contributed by atoms with Gasteiger partial charge in [-0.3, -0.25) is 9.69 Å². The number of carbonyl (C=O) groups excluding carboxylic acids is 1. The van der Waals surface area contributed by atoms with Crippen molar-refractivity contribution in [2.45, 2.75) is 44.6 Å². The normalized spacial score (nSPS) is 30.5. The molecule has 2 fully saturated rings. The Labute approximate surface area is 149 Å². The average molecular weight is 351 g/mol. The van der Waals surface area contributed by atoms with Gasteiger partial charge in [-0.25, -0.2) is 0 Å². The van der Waals surface area contributed by atoms with Crippen molar-refractivity contribution >= 4 is 17.2 Å². The number of likely N-dealkylation sites (tertiary alicyclic amines) is 1. The van der Waals surface area contributed by atoms with E-state index in [2.05, 4.69) is 38.1 Å². The number of methoxy groups -OCH3 is 1. The van der Waals surface area contributed by atoms with Crippen molar-refractivity contribution < 1.29 is 9.53 Å². The molecule has 0 unspecified atom stereocenters. The Morgan fingerprint density at radius 1 is 1.25 bits per heavy atom. The van der Waals surface area contributed by atoms with Crippen LogP contribution in [0.2, 0.25) is 0 Å². The average Bonchev–Trinajstić information content (AvgIpc) is 3.16. The Kier molecular flexibility index (Phi) is 5.05. The molecule has 0 aromatic carbocycles. The molecule has 1 saturated carbocycles. The van der Waals surface area contributed by atoms with Crippen LogP contribution < -0.4 is 0 Å². The molecule has 0 N–H and O–H groups in total. The zero-order valence-corrected chi connectivity index (χ0v) is 16.2. The molecule has 5 heteroatoms. The van der Waals surface area contributed by atoms with Crippen LogP contribution in [0.3, 0.4) is 0 Å². The van der Waals surface area contributed by atoms with E-state index in [-0.39, 0.29) is 18.1 Å². The summed E-state index contributed by atoms with van der Waals surface area (Å²) in [7, 11) is 6.03. The topological polar surface area (TPSA) is 32.8 Å². The van der Waals surface area contributed by atoms with E-state index in [1.54, 1.807) is 7.11 Å². The predicted molar refractivity (Wildman–Crippen MR) is 98.4 cm³/mol. The van der Waals surface area contributed by atoms with Crippen molar-refractivity contribution in [3.05, 3.63) is 21.9 Å². The summed E-state index contributed by atoms with van der Waals surface area (Å²) in [4.78, 5) is 19.5. The fourth-order valence-corrected chi connectivity index (χ4v) is 5.76. The highest BCUT2D eigenvalue weighted by atomic mass is 32.1. The van der Waals surface area contributed by atoms with Crippen LogP contribution in [-0.2, 0) is 15.1 Å². The minimum atomic E-state index is 0.146. The number of amides is 1. The van der Waals surface area contributed by atoms with Crippen molar-refractivity contribution in [3.8, 4) is 0 Å². The molecule has 1 spiro atoms. The molecule has 134 valence electrons. The molecular weight excluding hydrogens is 320 g/mol. The maximum absolute atomic E-state index is 12.1. The summed E-state index contributed by atoms with van der Waals surface area (Å²) in [5.41, 5.74) is 0.503. The zero-order chi connectivity index (χ0) is 17.4. The molecule has 1 saturated heterocycles. The third kappa shape index (κ3) is 3.14. The lowest BCUT2D eigenvalue weighted by molar-refractivity contribution is -0.134. The van der Waals surface area contributed by atoms with Gasteiger partial charge in [-0.15, -0.1) is 11.3 Å². The van der Waals surface area contributed by atoms with Crippen LogP contribution in [0.4, 0.5) is 0 Å². The number of thiophene rings is 1. The Balaban J connectivity index is 1.71. The van der Waals surface area contributed by atoms with E-state index in [4.69, 9.17) is 4.74 Å². The Hall–Kier alpha value is -0.910. The van der Waals surface area contributed by atoms with Crippen molar-refractivity contribution in [2.75, 3.05) is 40.9 Å². The van der Waals surface area contributed by atoms with Gasteiger partial charge in [0.25, 0.3) is 0 Å². The van der Waals surface area contributed by atoms with E-state index in [0.29, 0.717) is 5.41 Å². The third-order valence-corrected chi connectivity index (χ3v) is 7.45. The summed E-state index contributed by atoms with van der Waals surface area (Å²) < 4.78 is 5.02. The lowest BCUT2D eigenvalue weighted by atomic mass is 9.66. The van der Waals surface area contributed by atoms with Gasteiger partial charge in [0.05, 0.1) is 5.54 Å². The maximum Gasteiger partial charge on any atom is 0.248 e. The number of hydrogen-bond donors (Lipinski definition) is 0. The van der Waals surface area contributed by atoms with E-state index < -0.39 is 0 Å². The molecule has 1 aliphatic carbocycles. The van der Waals surface area contributed by atoms with Gasteiger partial charge in [0.1, 0.15) is 6.61 Å². The summed E-state index contributed by atoms with van der Waals surface area (Å²) in [6.07, 6.45) is 5.94. The quantitative estimate of drug-likeness (QED) is 0.836. The van der Waals surface area contributed by atoms with Gasteiger partial charge in [0, 0.05) is 30.0 Å². The van der Waals surface area contributed by atoms with Gasteiger partial charge in [-0.2, -0.15) is 0 Å². The van der Waals surface area contributed by atoms with Crippen LogP contribution in [0.15, 0.2) is 12.1 Å². The molecule has 24 heavy (non-hydrogen) atoms. The molecule has 0 radical (unpaired) electrons. The Morgan fingerprint density at radius 2 is 1.96 bits per heavy atom. The van der Waals surface area contributed by atoms with Crippen LogP contribution in [-0.4, -0.2) is 56.6 Å². The lowest BCUT2D eigenvalue weighted by Gasteiger charge is -2.48. The Bertz CT molecular complexity index is 588. The van der Waals surface area contributed by atoms with Gasteiger partial charge in [0.15, 0.2) is 0 Å². The van der Waals surface area contributed by atoms with Crippen LogP contribution in [0.1, 0.15) is 41.9 Å². The minimum absolute atomic E-state index is 0.146. The highest BCUT2D eigenvalue weighted by molar-refractivity contribution is 7.12. The molecule has 1 aliphatic heterocycles. The molecule has 4 nitrogen and oxygen atoms in total. The number of carbonyl (C=O) groups is 1. The molecule has 1 aromatic rings. The van der Waals surface area contributed by atoms with Gasteiger partial charge in [-0.05, 0) is 70.7 Å². The van der Waals surface area contributed by atoms with Gasteiger partial charge in [-0.1, -0.05) is 0 Å². The Morgan fingerprint density at radius 3 is 2.50 bits per heavy atom. The van der Waals surface area contributed by atoms with E-state index in [0.717, 1.165) is 19.5 Å². The fraction of sp³-hybridized carbons (Fsp3) is 0.737. The smallest absolute Gasteiger partial charge is 0.248 e. The third-order valence-electron chi connectivity index (χ3n) is 6.25. The summed E-state index contributed by atoms with van der Waals surface area (Å²) in [6.45, 7) is 4.22. The molecule has 2 aliphatic rings. The molecule has 3 rings (SSSR count). The van der Waals surface area contributed by atoms with Crippen molar-refractivity contribution in [1.82, 2.24) is 9.80 Å². The second-order valence-corrected chi connectivity index (χ2v) is 9.12. The second-order valence-electron chi connectivity index (χ2n) is 7.83. The van der Waals surface area contributed by atoms with Crippen molar-refractivity contribution in [1.29, 1.82) is 0 Å². The number of ether oxygens (including phenoxy) is 1. The first-order chi connectivity index (χ1) is 11.4. The summed E-state index contributed by atoms with van der Waals surface area (Å²) >= 11 is 1.94. The first-order valence-corrected chi connectivity index (χ1v) is 9.74. The molecule has 2 heterocycles. The summed E-state index contributed by atoms with van der Waals surface area (Å²) in [5, 5.41) is 0. The summed E-state index contributed by atoms with van der Waals surface area (Å²) in [6, 6.07) is 4.57. The molecule has 1 aromatic heterocycles. The summed E-state index contributed by atoms with van der Waals surface area (Å²) in [5.74, 6) is 0.146. The fourth-order valence-electron chi connectivity index (χ4n) is 4.56. The van der Waals surface area contributed by atoms with Crippen LogP contribution in [0.25, 0.3) is 0 Å². The first kappa shape index (κ1) is 17.9. The van der Waals surface area contributed by atoms with Crippen LogP contribution in [0.5, 0.6) is 0 Å². The number of aryl methyl sites for hydroxylation is 1. The van der Waals surface area contributed by atoms with E-state index in [1.807, 2.05) is 16.2 Å². The van der Waals surface area contributed by atoms with E-state index in [9.17, 15) is 4.79 Å². The minimum Gasteiger partial charge on any atom is -0.375 e. The lowest BCUT2D eigenvalue weighted by Crippen LogP contribution is -2.47. The van der Waals surface area contributed by atoms with E-state index in [1.165, 1.54) is 35.4 Å². The van der Waals surface area contributed by atoms with Gasteiger partial charge in [0.2, 0.25) is 5.91 Å². The zero-order valence-electron chi connectivity index (χ0n) is 15.4. The molecule has 0 atom stereocenters. The van der Waals surface area contributed by atoms with Crippen LogP contribution >= 0.6 is 11.3 Å². The van der Waals surface area contributed by atoms with Gasteiger partial charge < -0.3 is 9.64 Å². The SMILES string of the molecule is COCC(=O)N1CCC2(CCC(c3ccc(C)s3)(N(C)C)CC2)C1. The van der Waals surface area contributed by atoms with Crippen molar-refractivity contribution in [2.24, 2.45) is 5.41 Å². The highest BCUT2D eigenvalue weighted by Gasteiger charge is 2.48. The number of rotatable bonds is 4. The molecule has 0 bridgehead atoms. The van der Waals surface area contributed by atoms with Gasteiger partial charge >= 0.3 is 0 Å². The number of hydrogen-bond acceptors (Lipinski definition) is 4. The monoisotopic (exact) mass is 350 g/mol. The molecular formula is C19H30N2O2S. The number of nitrogens with zero attached hydrogens (tertiary/aromatic N) is 2. The standard InChI is InChI=1S/C19H30N2O2S/c1-15-5-6-16(24-15)19(20(2)3)9-7-18(8-10-19)11-12-21(14-18)17(22)13-23-4/h5-6H,7-14H2,1-4H3. The van der Waals surface area contributed by atoms with Crippen LogP contribution in [0, 0.1) is 12.3 Å². The second kappa shape index (κ2) is 6.77. The van der Waals surface area contributed by atoms with Crippen molar-refractivity contribution in [3.63, 3.8) is 0 Å².